The summed E-state index contributed by atoms with van der Waals surface area (Å²) in [6.07, 6.45) is 0. The third kappa shape index (κ3) is 2.25. The van der Waals surface area contributed by atoms with Crippen molar-refractivity contribution in [1.82, 2.24) is 10.9 Å². The summed E-state index contributed by atoms with van der Waals surface area (Å²) in [6.45, 7) is 3.40. The number of amides is 2. The number of carbonyl (C=O) groups is 3. The van der Waals surface area contributed by atoms with Crippen LogP contribution in [-0.4, -0.2) is 29.9 Å². The van der Waals surface area contributed by atoms with Crippen molar-refractivity contribution in [3.05, 3.63) is 40.0 Å². The maximum absolute atomic E-state index is 12.8. The van der Waals surface area contributed by atoms with Gasteiger partial charge in [0.05, 0.1) is 17.9 Å². The molecule has 3 rings (SSSR count). The number of halogens is 1. The molecule has 0 spiro atoms. The molecule has 0 radical (unpaired) electrons. The summed E-state index contributed by atoms with van der Waals surface area (Å²) in [7, 11) is 0. The number of nitrogens with zero attached hydrogens (tertiary/aromatic N) is 1. The predicted octanol–water partition coefficient (Wildman–Crippen LogP) is 1.01. The molecule has 2 heterocycles. The molecule has 2 aliphatic heterocycles. The van der Waals surface area contributed by atoms with Crippen LogP contribution in [0, 0.1) is 0 Å². The first-order valence-corrected chi connectivity index (χ1v) is 7.79. The number of anilines is 1. The van der Waals surface area contributed by atoms with Gasteiger partial charge in [-0.15, -0.1) is 0 Å². The molecule has 1 atom stereocenters. The van der Waals surface area contributed by atoms with E-state index < -0.39 is 23.3 Å². The van der Waals surface area contributed by atoms with Gasteiger partial charge < -0.3 is 10.2 Å². The van der Waals surface area contributed by atoms with Gasteiger partial charge in [0.2, 0.25) is 0 Å². The van der Waals surface area contributed by atoms with E-state index in [1.165, 1.54) is 0 Å². The minimum Gasteiger partial charge on any atom is -0.461 e. The van der Waals surface area contributed by atoms with E-state index in [9.17, 15) is 14.4 Å². The van der Waals surface area contributed by atoms with E-state index in [0.29, 0.717) is 5.69 Å². The van der Waals surface area contributed by atoms with Crippen LogP contribution in [0.15, 0.2) is 40.0 Å². The zero-order valence-electron chi connectivity index (χ0n) is 12.5. The second-order valence-electron chi connectivity index (χ2n) is 5.27. The normalized spacial score (nSPS) is 23.2. The number of hydrogen-bond acceptors (Lipinski definition) is 6. The minimum atomic E-state index is -1.30. The molecule has 1 fully saturated rings. The number of imide groups is 1. The van der Waals surface area contributed by atoms with Crippen molar-refractivity contribution in [3.8, 4) is 0 Å². The Balaban J connectivity index is 2.07. The molecule has 2 aliphatic rings. The van der Waals surface area contributed by atoms with Gasteiger partial charge in [-0.3, -0.25) is 9.59 Å². The molecule has 0 saturated carbocycles. The highest BCUT2D eigenvalue weighted by Crippen LogP contribution is 2.37. The van der Waals surface area contributed by atoms with Crippen LogP contribution in [0.3, 0.4) is 0 Å². The summed E-state index contributed by atoms with van der Waals surface area (Å²) in [5.41, 5.74) is 4.53. The lowest BCUT2D eigenvalue weighted by atomic mass is 9.95. The average Bonchev–Trinajstić information content (AvgIpc) is 2.96. The van der Waals surface area contributed by atoms with E-state index in [0.717, 1.165) is 9.37 Å². The van der Waals surface area contributed by atoms with E-state index in [-0.39, 0.29) is 17.9 Å². The zero-order valence-corrected chi connectivity index (χ0v) is 14.1. The lowest BCUT2D eigenvalue weighted by molar-refractivity contribution is -0.139. The molecule has 1 aromatic carbocycles. The van der Waals surface area contributed by atoms with Gasteiger partial charge in [-0.2, -0.15) is 0 Å². The van der Waals surface area contributed by atoms with Gasteiger partial charge in [0.25, 0.3) is 11.8 Å². The highest BCUT2D eigenvalue weighted by Gasteiger charge is 2.59. The van der Waals surface area contributed by atoms with E-state index in [2.05, 4.69) is 26.8 Å². The summed E-state index contributed by atoms with van der Waals surface area (Å²) in [5, 5.41) is 0. The number of fused-ring (bicyclic) bond motifs is 1. The van der Waals surface area contributed by atoms with Gasteiger partial charge in [0.15, 0.2) is 0 Å². The molecule has 1 unspecified atom stereocenters. The predicted molar refractivity (Wildman–Crippen MR) is 85.0 cm³/mol. The van der Waals surface area contributed by atoms with Crippen LogP contribution >= 0.6 is 15.9 Å². The summed E-state index contributed by atoms with van der Waals surface area (Å²) in [6, 6.07) is 6.78. The van der Waals surface area contributed by atoms with Crippen LogP contribution < -0.4 is 15.8 Å². The Morgan fingerprint density at radius 2 is 1.96 bits per heavy atom. The van der Waals surface area contributed by atoms with Crippen LogP contribution in [0.2, 0.25) is 0 Å². The van der Waals surface area contributed by atoms with Crippen LogP contribution in [0.5, 0.6) is 0 Å². The van der Waals surface area contributed by atoms with Gasteiger partial charge in [-0.25, -0.2) is 15.1 Å². The fraction of sp³-hybridized carbons (Fsp3) is 0.267. The summed E-state index contributed by atoms with van der Waals surface area (Å²) < 4.78 is 5.76. The van der Waals surface area contributed by atoms with Gasteiger partial charge in [0, 0.05) is 4.47 Å². The second kappa shape index (κ2) is 5.47. The fourth-order valence-corrected chi connectivity index (χ4v) is 2.92. The molecular weight excluding hydrogens is 366 g/mol. The number of esters is 1. The lowest BCUT2D eigenvalue weighted by Gasteiger charge is -2.20. The Hall–Kier alpha value is -2.19. The Kier molecular flexibility index (Phi) is 3.73. The number of benzene rings is 1. The first kappa shape index (κ1) is 15.7. The molecule has 120 valence electrons. The quantitative estimate of drug-likeness (QED) is 0.601. The fourth-order valence-electron chi connectivity index (χ4n) is 2.65. The van der Waals surface area contributed by atoms with Gasteiger partial charge in [-0.05, 0) is 38.1 Å². The molecule has 2 N–H and O–H groups in total. The second-order valence-corrected chi connectivity index (χ2v) is 6.18. The maximum Gasteiger partial charge on any atom is 0.356 e. The molecule has 0 aliphatic carbocycles. The lowest BCUT2D eigenvalue weighted by Crippen LogP contribution is -2.51. The molecular formula is C15H14BrN3O4. The Morgan fingerprint density at radius 1 is 1.30 bits per heavy atom. The average molecular weight is 380 g/mol. The van der Waals surface area contributed by atoms with E-state index in [1.54, 1.807) is 38.1 Å². The number of hydrazine groups is 1. The Morgan fingerprint density at radius 3 is 2.57 bits per heavy atom. The van der Waals surface area contributed by atoms with Crippen molar-refractivity contribution in [2.75, 3.05) is 11.5 Å². The van der Waals surface area contributed by atoms with Gasteiger partial charge in [-0.1, -0.05) is 15.9 Å². The van der Waals surface area contributed by atoms with Crippen molar-refractivity contribution in [2.45, 2.75) is 19.4 Å². The number of ether oxygens (including phenoxy) is 1. The van der Waals surface area contributed by atoms with E-state index in [1.807, 2.05) is 0 Å². The topological polar surface area (TPSA) is 87.7 Å². The number of carbonyl (C=O) groups excluding carboxylic acids is 3. The molecule has 0 bridgehead atoms. The summed E-state index contributed by atoms with van der Waals surface area (Å²) in [4.78, 5) is 38.6. The van der Waals surface area contributed by atoms with Crippen molar-refractivity contribution < 1.29 is 19.1 Å². The van der Waals surface area contributed by atoms with Crippen molar-refractivity contribution in [3.63, 3.8) is 0 Å². The highest BCUT2D eigenvalue weighted by atomic mass is 79.9. The summed E-state index contributed by atoms with van der Waals surface area (Å²) in [5.74, 6) is -1.66. The number of hydrogen-bond donors (Lipinski definition) is 2. The van der Waals surface area contributed by atoms with Crippen LogP contribution in [0.4, 0.5) is 5.69 Å². The molecule has 8 heteroatoms. The number of rotatable bonds is 3. The molecule has 0 aromatic heterocycles. The smallest absolute Gasteiger partial charge is 0.356 e. The first-order valence-electron chi connectivity index (χ1n) is 6.99. The molecule has 2 amide bonds. The SMILES string of the molecule is CCOC(=O)C1=C2C(=O)N(c3ccc(Br)cc3)C(=O)C2(C)NN1. The molecule has 7 nitrogen and oxygen atoms in total. The highest BCUT2D eigenvalue weighted by molar-refractivity contribution is 9.10. The molecule has 1 saturated heterocycles. The largest absolute Gasteiger partial charge is 0.461 e. The van der Waals surface area contributed by atoms with Crippen LogP contribution in [0.1, 0.15) is 13.8 Å². The van der Waals surface area contributed by atoms with Crippen molar-refractivity contribution in [2.24, 2.45) is 0 Å². The Labute approximate surface area is 140 Å². The van der Waals surface area contributed by atoms with E-state index in [4.69, 9.17) is 4.74 Å². The molecule has 23 heavy (non-hydrogen) atoms. The standard InChI is InChI=1S/C15H14BrN3O4/c1-3-23-13(21)11-10-12(20)19(9-6-4-8(16)5-7-9)14(22)15(10,2)18-17-11/h4-7,17-18H,3H2,1-2H3. The third-order valence-corrected chi connectivity index (χ3v) is 4.33. The zero-order chi connectivity index (χ0) is 16.8. The minimum absolute atomic E-state index is 0.0210. The Bertz CT molecular complexity index is 744. The van der Waals surface area contributed by atoms with Crippen molar-refractivity contribution in [1.29, 1.82) is 0 Å². The van der Waals surface area contributed by atoms with Gasteiger partial charge >= 0.3 is 5.97 Å². The van der Waals surface area contributed by atoms with E-state index >= 15 is 0 Å². The molecule has 1 aromatic rings. The van der Waals surface area contributed by atoms with Crippen molar-refractivity contribution >= 4 is 39.4 Å². The van der Waals surface area contributed by atoms with Gasteiger partial charge in [0.1, 0.15) is 11.2 Å². The number of nitrogens with one attached hydrogen (secondary N) is 2. The monoisotopic (exact) mass is 379 g/mol. The first-order chi connectivity index (χ1) is 10.9. The third-order valence-electron chi connectivity index (χ3n) is 3.80. The van der Waals surface area contributed by atoms with Crippen LogP contribution in [-0.2, 0) is 19.1 Å². The van der Waals surface area contributed by atoms with Crippen LogP contribution in [0.25, 0.3) is 0 Å². The maximum atomic E-state index is 12.8. The summed E-state index contributed by atoms with van der Waals surface area (Å²) >= 11 is 3.31.